The summed E-state index contributed by atoms with van der Waals surface area (Å²) in [6, 6.07) is 10.2. The van der Waals surface area contributed by atoms with E-state index in [2.05, 4.69) is 27.8 Å². The molecule has 0 spiro atoms. The van der Waals surface area contributed by atoms with Crippen LogP contribution in [-0.4, -0.2) is 43.9 Å². The predicted molar refractivity (Wildman–Crippen MR) is 122 cm³/mol. The van der Waals surface area contributed by atoms with E-state index >= 15 is 0 Å². The number of ether oxygens (including phenoxy) is 1. The van der Waals surface area contributed by atoms with E-state index in [1.54, 1.807) is 11.3 Å². The van der Waals surface area contributed by atoms with E-state index in [0.717, 1.165) is 50.0 Å². The number of guanidine groups is 1. The maximum atomic E-state index is 10.4. The zero-order chi connectivity index (χ0) is 17.9. The fourth-order valence-corrected chi connectivity index (χ4v) is 3.50. The SMILES string of the molecule is CCNC(=NCC(O)c1cc2ccccc2s1)NCCCCOCC.I. The molecule has 0 saturated heterocycles. The van der Waals surface area contributed by atoms with E-state index in [1.165, 1.54) is 10.1 Å². The van der Waals surface area contributed by atoms with Gasteiger partial charge in [0.15, 0.2) is 5.96 Å². The summed E-state index contributed by atoms with van der Waals surface area (Å²) in [6.45, 7) is 7.61. The zero-order valence-electron chi connectivity index (χ0n) is 15.5. The van der Waals surface area contributed by atoms with Gasteiger partial charge in [-0.2, -0.15) is 0 Å². The van der Waals surface area contributed by atoms with Crippen molar-refractivity contribution >= 4 is 51.4 Å². The van der Waals surface area contributed by atoms with Crippen molar-refractivity contribution in [3.8, 4) is 0 Å². The van der Waals surface area contributed by atoms with E-state index in [-0.39, 0.29) is 24.0 Å². The number of rotatable bonds is 10. The Kier molecular flexibility index (Phi) is 11.8. The molecule has 0 amide bonds. The van der Waals surface area contributed by atoms with E-state index in [9.17, 15) is 5.11 Å². The third-order valence-electron chi connectivity index (χ3n) is 3.75. The number of nitrogens with zero attached hydrogens (tertiary/aromatic N) is 1. The molecule has 1 atom stereocenters. The van der Waals surface area contributed by atoms with Crippen molar-refractivity contribution in [1.82, 2.24) is 10.6 Å². The van der Waals surface area contributed by atoms with Crippen LogP contribution in [0.3, 0.4) is 0 Å². The van der Waals surface area contributed by atoms with Crippen LogP contribution in [0.15, 0.2) is 35.3 Å². The van der Waals surface area contributed by atoms with Gasteiger partial charge in [0.1, 0.15) is 6.10 Å². The second-order valence-corrected chi connectivity index (χ2v) is 6.87. The fourth-order valence-electron chi connectivity index (χ4n) is 2.46. The van der Waals surface area contributed by atoms with E-state index in [1.807, 2.05) is 32.0 Å². The second-order valence-electron chi connectivity index (χ2n) is 5.75. The summed E-state index contributed by atoms with van der Waals surface area (Å²) in [5.41, 5.74) is 0. The third kappa shape index (κ3) is 7.77. The Bertz CT molecular complexity index is 630. The van der Waals surface area contributed by atoms with Gasteiger partial charge < -0.3 is 20.5 Å². The van der Waals surface area contributed by atoms with Crippen molar-refractivity contribution in [1.29, 1.82) is 0 Å². The number of hydrogen-bond acceptors (Lipinski definition) is 4. The van der Waals surface area contributed by atoms with Crippen LogP contribution in [0, 0.1) is 0 Å². The lowest BCUT2D eigenvalue weighted by Crippen LogP contribution is -2.38. The molecule has 26 heavy (non-hydrogen) atoms. The standard InChI is InChI=1S/C19H29N3O2S.HI/c1-3-20-19(21-11-7-8-12-24-4-2)22-14-16(23)18-13-15-9-5-6-10-17(15)25-18;/h5-6,9-10,13,16,23H,3-4,7-8,11-12,14H2,1-2H3,(H2,20,21,22);1H. The monoisotopic (exact) mass is 491 g/mol. The summed E-state index contributed by atoms with van der Waals surface area (Å²) in [5.74, 6) is 0.749. The summed E-state index contributed by atoms with van der Waals surface area (Å²) < 4.78 is 6.53. The highest BCUT2D eigenvalue weighted by Crippen LogP contribution is 2.29. The molecule has 0 aliphatic heterocycles. The van der Waals surface area contributed by atoms with Gasteiger partial charge in [-0.3, -0.25) is 4.99 Å². The highest BCUT2D eigenvalue weighted by atomic mass is 127. The number of nitrogens with one attached hydrogen (secondary N) is 2. The van der Waals surface area contributed by atoms with Gasteiger partial charge in [0, 0.05) is 35.9 Å². The minimum absolute atomic E-state index is 0. The first-order valence-corrected chi connectivity index (χ1v) is 9.82. The summed E-state index contributed by atoms with van der Waals surface area (Å²) >= 11 is 1.63. The van der Waals surface area contributed by atoms with Crippen LogP contribution in [0.5, 0.6) is 0 Å². The van der Waals surface area contributed by atoms with E-state index in [4.69, 9.17) is 4.74 Å². The van der Waals surface area contributed by atoms with Crippen molar-refractivity contribution < 1.29 is 9.84 Å². The van der Waals surface area contributed by atoms with Gasteiger partial charge in [0.2, 0.25) is 0 Å². The molecule has 146 valence electrons. The van der Waals surface area contributed by atoms with Crippen molar-refractivity contribution in [3.63, 3.8) is 0 Å². The number of unbranched alkanes of at least 4 members (excludes halogenated alkanes) is 1. The lowest BCUT2D eigenvalue weighted by Gasteiger charge is -2.12. The molecule has 7 heteroatoms. The molecule has 2 rings (SSSR count). The fraction of sp³-hybridized carbons (Fsp3) is 0.526. The van der Waals surface area contributed by atoms with Gasteiger partial charge in [-0.25, -0.2) is 0 Å². The molecule has 0 saturated carbocycles. The van der Waals surface area contributed by atoms with Crippen molar-refractivity contribution in [2.24, 2.45) is 4.99 Å². The minimum Gasteiger partial charge on any atom is -0.386 e. The molecule has 1 aromatic heterocycles. The summed E-state index contributed by atoms with van der Waals surface area (Å²) in [7, 11) is 0. The molecular formula is C19H30IN3O2S. The van der Waals surface area contributed by atoms with Gasteiger partial charge in [-0.15, -0.1) is 35.3 Å². The van der Waals surface area contributed by atoms with Gasteiger partial charge in [-0.05, 0) is 44.2 Å². The zero-order valence-corrected chi connectivity index (χ0v) is 18.7. The van der Waals surface area contributed by atoms with Crippen LogP contribution in [0.25, 0.3) is 10.1 Å². The van der Waals surface area contributed by atoms with Crippen molar-refractivity contribution in [3.05, 3.63) is 35.2 Å². The molecule has 1 unspecified atom stereocenters. The summed E-state index contributed by atoms with van der Waals surface area (Å²) in [5, 5.41) is 18.1. The smallest absolute Gasteiger partial charge is 0.191 e. The van der Waals surface area contributed by atoms with Crippen LogP contribution >= 0.6 is 35.3 Å². The molecule has 2 aromatic rings. The predicted octanol–water partition coefficient (Wildman–Crippen LogP) is 3.92. The van der Waals surface area contributed by atoms with Crippen LogP contribution in [0.1, 0.15) is 37.7 Å². The largest absolute Gasteiger partial charge is 0.386 e. The maximum Gasteiger partial charge on any atom is 0.191 e. The number of benzene rings is 1. The molecule has 1 aromatic carbocycles. The quantitative estimate of drug-likeness (QED) is 0.204. The molecular weight excluding hydrogens is 461 g/mol. The van der Waals surface area contributed by atoms with E-state index < -0.39 is 6.10 Å². The number of fused-ring (bicyclic) bond motifs is 1. The number of halogens is 1. The Labute approximate surface area is 177 Å². The number of thiophene rings is 1. The first-order chi connectivity index (χ1) is 12.2. The number of aliphatic hydroxyl groups excluding tert-OH is 1. The summed E-state index contributed by atoms with van der Waals surface area (Å²) in [6.07, 6.45) is 1.49. The molecule has 3 N–H and O–H groups in total. The highest BCUT2D eigenvalue weighted by Gasteiger charge is 2.11. The lowest BCUT2D eigenvalue weighted by molar-refractivity contribution is 0.143. The molecule has 0 fully saturated rings. The number of aliphatic hydroxyl groups is 1. The Balaban J connectivity index is 0.00000338. The summed E-state index contributed by atoms with van der Waals surface area (Å²) in [4.78, 5) is 5.47. The number of aliphatic imine (C=N–C) groups is 1. The van der Waals surface area contributed by atoms with Crippen LogP contribution in [0.4, 0.5) is 0 Å². The van der Waals surface area contributed by atoms with E-state index in [0.29, 0.717) is 6.54 Å². The lowest BCUT2D eigenvalue weighted by atomic mass is 10.2. The Morgan fingerprint density at radius 1 is 1.23 bits per heavy atom. The van der Waals surface area contributed by atoms with Crippen LogP contribution < -0.4 is 10.6 Å². The average molecular weight is 491 g/mol. The van der Waals surface area contributed by atoms with Crippen LogP contribution in [0.2, 0.25) is 0 Å². The Morgan fingerprint density at radius 2 is 2.04 bits per heavy atom. The molecule has 0 radical (unpaired) electrons. The average Bonchev–Trinajstić information content (AvgIpc) is 3.06. The third-order valence-corrected chi connectivity index (χ3v) is 4.97. The normalized spacial score (nSPS) is 12.7. The first-order valence-electron chi connectivity index (χ1n) is 9.01. The van der Waals surface area contributed by atoms with Crippen LogP contribution in [-0.2, 0) is 4.74 Å². The molecule has 0 aliphatic carbocycles. The van der Waals surface area contributed by atoms with Crippen molar-refractivity contribution in [2.75, 3.05) is 32.8 Å². The minimum atomic E-state index is -0.578. The first kappa shape index (κ1) is 23.1. The molecule has 0 bridgehead atoms. The molecule has 0 aliphatic rings. The van der Waals surface area contributed by atoms with Gasteiger partial charge in [0.05, 0.1) is 6.54 Å². The Hall–Kier alpha value is -0.900. The van der Waals surface area contributed by atoms with Gasteiger partial charge in [-0.1, -0.05) is 18.2 Å². The van der Waals surface area contributed by atoms with Gasteiger partial charge >= 0.3 is 0 Å². The Morgan fingerprint density at radius 3 is 2.77 bits per heavy atom. The maximum absolute atomic E-state index is 10.4. The molecule has 5 nitrogen and oxygen atoms in total. The topological polar surface area (TPSA) is 65.9 Å². The van der Waals surface area contributed by atoms with Crippen molar-refractivity contribution in [2.45, 2.75) is 32.8 Å². The second kappa shape index (κ2) is 13.3. The molecule has 1 heterocycles. The highest BCUT2D eigenvalue weighted by molar-refractivity contribution is 14.0. The van der Waals surface area contributed by atoms with Gasteiger partial charge in [0.25, 0.3) is 0 Å². The number of hydrogen-bond donors (Lipinski definition) is 3.